The van der Waals surface area contributed by atoms with Crippen molar-refractivity contribution in [1.82, 2.24) is 9.88 Å². The molecule has 0 radical (unpaired) electrons. The Labute approximate surface area is 134 Å². The molecule has 0 aromatic carbocycles. The maximum atomic E-state index is 4.32. The fourth-order valence-electron chi connectivity index (χ4n) is 3.87. The topological polar surface area (TPSA) is 16.1 Å². The largest absolute Gasteiger partial charge is 0.292 e. The van der Waals surface area contributed by atoms with Gasteiger partial charge >= 0.3 is 0 Å². The Bertz CT molecular complexity index is 532. The molecular weight excluding hydrogens is 268 g/mol. The highest BCUT2D eigenvalue weighted by Gasteiger charge is 2.25. The molecule has 0 N–H and O–H groups in total. The summed E-state index contributed by atoms with van der Waals surface area (Å²) >= 11 is 0. The Morgan fingerprint density at radius 1 is 1.36 bits per heavy atom. The molecule has 2 aliphatic rings. The van der Waals surface area contributed by atoms with Crippen molar-refractivity contribution in [2.24, 2.45) is 5.92 Å². The minimum Gasteiger partial charge on any atom is -0.292 e. The van der Waals surface area contributed by atoms with E-state index in [4.69, 9.17) is 0 Å². The molecule has 0 unspecified atom stereocenters. The van der Waals surface area contributed by atoms with Gasteiger partial charge in [-0.15, -0.1) is 0 Å². The quantitative estimate of drug-likeness (QED) is 0.734. The van der Waals surface area contributed by atoms with Gasteiger partial charge in [-0.05, 0) is 63.1 Å². The molecule has 0 bridgehead atoms. The predicted molar refractivity (Wildman–Crippen MR) is 92.6 cm³/mol. The summed E-state index contributed by atoms with van der Waals surface area (Å²) in [6, 6.07) is 4.86. The summed E-state index contributed by atoms with van der Waals surface area (Å²) in [5.41, 5.74) is 4.37. The molecule has 1 aliphatic heterocycles. The standard InChI is InChI=1S/C20H28N2/c1-16(2)18-10-8-17(9-11-18)15-22-13-4-3-7-20(22)19-6-5-12-21-14-19/h5-6,8,12,14,18,20H,1,3-4,7,9-11,13,15H2,2H3/t18-,20+/m0/s1. The smallest absolute Gasteiger partial charge is 0.0366 e. The molecule has 1 aliphatic carbocycles. The fourth-order valence-corrected chi connectivity index (χ4v) is 3.87. The lowest BCUT2D eigenvalue weighted by Gasteiger charge is -2.37. The van der Waals surface area contributed by atoms with Gasteiger partial charge in [0.2, 0.25) is 0 Å². The van der Waals surface area contributed by atoms with Crippen molar-refractivity contribution in [2.75, 3.05) is 13.1 Å². The van der Waals surface area contributed by atoms with Crippen LogP contribution in [0.25, 0.3) is 0 Å². The van der Waals surface area contributed by atoms with Crippen molar-refractivity contribution >= 4 is 0 Å². The summed E-state index contributed by atoms with van der Waals surface area (Å²) in [4.78, 5) is 6.99. The van der Waals surface area contributed by atoms with Crippen LogP contribution in [0.1, 0.15) is 57.1 Å². The normalized spacial score (nSPS) is 26.5. The van der Waals surface area contributed by atoms with E-state index in [-0.39, 0.29) is 0 Å². The zero-order valence-corrected chi connectivity index (χ0v) is 13.8. The molecule has 22 heavy (non-hydrogen) atoms. The Balaban J connectivity index is 1.66. The van der Waals surface area contributed by atoms with Crippen LogP contribution in [0.5, 0.6) is 0 Å². The van der Waals surface area contributed by atoms with Gasteiger partial charge in [0.25, 0.3) is 0 Å². The van der Waals surface area contributed by atoms with Crippen LogP contribution in [0.15, 0.2) is 48.3 Å². The van der Waals surface area contributed by atoms with E-state index in [0.29, 0.717) is 12.0 Å². The minimum absolute atomic E-state index is 0.558. The van der Waals surface area contributed by atoms with Crippen molar-refractivity contribution < 1.29 is 0 Å². The molecule has 0 saturated carbocycles. The first-order valence-corrected chi connectivity index (χ1v) is 8.71. The van der Waals surface area contributed by atoms with Crippen LogP contribution in [0, 0.1) is 5.92 Å². The highest BCUT2D eigenvalue weighted by Crippen LogP contribution is 2.34. The van der Waals surface area contributed by atoms with E-state index in [1.165, 1.54) is 56.2 Å². The van der Waals surface area contributed by atoms with E-state index in [9.17, 15) is 0 Å². The summed E-state index contributed by atoms with van der Waals surface area (Å²) in [6.45, 7) is 8.66. The molecule has 3 rings (SSSR count). The molecule has 118 valence electrons. The summed E-state index contributed by atoms with van der Waals surface area (Å²) in [7, 11) is 0. The molecule has 1 fully saturated rings. The molecule has 0 amide bonds. The number of hydrogen-bond acceptors (Lipinski definition) is 2. The van der Waals surface area contributed by atoms with Gasteiger partial charge in [0.15, 0.2) is 0 Å². The van der Waals surface area contributed by atoms with E-state index < -0.39 is 0 Å². The molecule has 1 aromatic rings. The zero-order chi connectivity index (χ0) is 15.4. The average Bonchev–Trinajstić information content (AvgIpc) is 2.57. The number of piperidine rings is 1. The lowest BCUT2D eigenvalue weighted by Crippen LogP contribution is -2.35. The van der Waals surface area contributed by atoms with Gasteiger partial charge in [-0.2, -0.15) is 0 Å². The molecule has 2 nitrogen and oxygen atoms in total. The first-order chi connectivity index (χ1) is 10.7. The van der Waals surface area contributed by atoms with Crippen molar-refractivity contribution in [3.63, 3.8) is 0 Å². The summed E-state index contributed by atoms with van der Waals surface area (Å²) in [5, 5.41) is 0. The minimum atomic E-state index is 0.558. The van der Waals surface area contributed by atoms with Gasteiger partial charge < -0.3 is 0 Å². The van der Waals surface area contributed by atoms with Crippen LogP contribution >= 0.6 is 0 Å². The lowest BCUT2D eigenvalue weighted by atomic mass is 9.85. The van der Waals surface area contributed by atoms with Crippen LogP contribution < -0.4 is 0 Å². The molecule has 2 heterocycles. The van der Waals surface area contributed by atoms with Gasteiger partial charge in [0.1, 0.15) is 0 Å². The summed E-state index contributed by atoms with van der Waals surface area (Å²) < 4.78 is 0. The predicted octanol–water partition coefficient (Wildman–Crippen LogP) is 4.91. The van der Waals surface area contributed by atoms with E-state index >= 15 is 0 Å². The molecule has 2 heteroatoms. The number of likely N-dealkylation sites (tertiary alicyclic amines) is 1. The van der Waals surface area contributed by atoms with Crippen molar-refractivity contribution in [3.05, 3.63) is 53.9 Å². The third-order valence-corrected chi connectivity index (χ3v) is 5.29. The summed E-state index contributed by atoms with van der Waals surface area (Å²) in [6.07, 6.45) is 14.1. The van der Waals surface area contributed by atoms with Crippen LogP contribution in [-0.2, 0) is 0 Å². The highest BCUT2D eigenvalue weighted by atomic mass is 15.2. The van der Waals surface area contributed by atoms with Crippen molar-refractivity contribution in [2.45, 2.75) is 51.5 Å². The van der Waals surface area contributed by atoms with Crippen LogP contribution in [0.3, 0.4) is 0 Å². The fraction of sp³-hybridized carbons (Fsp3) is 0.550. The SMILES string of the molecule is C=C(C)[C@H]1CC=C(CN2CCCC[C@@H]2c2cccnc2)CC1. The number of allylic oxidation sites excluding steroid dienone is 2. The molecule has 2 atom stereocenters. The zero-order valence-electron chi connectivity index (χ0n) is 13.8. The number of hydrogen-bond donors (Lipinski definition) is 0. The molecular formula is C20H28N2. The van der Waals surface area contributed by atoms with Gasteiger partial charge in [-0.1, -0.05) is 36.3 Å². The second kappa shape index (κ2) is 7.23. The number of nitrogens with zero attached hydrogens (tertiary/aromatic N) is 2. The molecule has 1 saturated heterocycles. The maximum Gasteiger partial charge on any atom is 0.0366 e. The Morgan fingerprint density at radius 3 is 2.95 bits per heavy atom. The maximum absolute atomic E-state index is 4.32. The van der Waals surface area contributed by atoms with Crippen LogP contribution in [0.2, 0.25) is 0 Å². The molecule has 1 aromatic heterocycles. The molecule has 0 spiro atoms. The third kappa shape index (κ3) is 3.67. The third-order valence-electron chi connectivity index (χ3n) is 5.29. The highest BCUT2D eigenvalue weighted by molar-refractivity contribution is 5.18. The second-order valence-corrected chi connectivity index (χ2v) is 6.95. The van der Waals surface area contributed by atoms with Crippen LogP contribution in [-0.4, -0.2) is 23.0 Å². The first-order valence-electron chi connectivity index (χ1n) is 8.71. The van der Waals surface area contributed by atoms with Gasteiger partial charge in [-0.3, -0.25) is 9.88 Å². The van der Waals surface area contributed by atoms with Gasteiger partial charge in [-0.25, -0.2) is 0 Å². The lowest BCUT2D eigenvalue weighted by molar-refractivity contribution is 0.159. The van der Waals surface area contributed by atoms with E-state index in [1.807, 2.05) is 6.20 Å². The van der Waals surface area contributed by atoms with Gasteiger partial charge in [0.05, 0.1) is 0 Å². The monoisotopic (exact) mass is 296 g/mol. The van der Waals surface area contributed by atoms with Crippen molar-refractivity contribution in [3.8, 4) is 0 Å². The van der Waals surface area contributed by atoms with Crippen molar-refractivity contribution in [1.29, 1.82) is 0 Å². The van der Waals surface area contributed by atoms with E-state index in [2.05, 4.69) is 47.8 Å². The Kier molecular flexibility index (Phi) is 5.09. The van der Waals surface area contributed by atoms with E-state index in [0.717, 1.165) is 6.54 Å². The second-order valence-electron chi connectivity index (χ2n) is 6.95. The Hall–Kier alpha value is -1.41. The average molecular weight is 296 g/mol. The van der Waals surface area contributed by atoms with Gasteiger partial charge in [0, 0.05) is 25.0 Å². The number of pyridine rings is 1. The first kappa shape index (κ1) is 15.5. The Morgan fingerprint density at radius 2 is 2.27 bits per heavy atom. The number of aromatic nitrogens is 1. The van der Waals surface area contributed by atoms with Crippen LogP contribution in [0.4, 0.5) is 0 Å². The van der Waals surface area contributed by atoms with E-state index in [1.54, 1.807) is 5.57 Å². The number of rotatable bonds is 4. The summed E-state index contributed by atoms with van der Waals surface area (Å²) in [5.74, 6) is 0.708.